The van der Waals surface area contributed by atoms with E-state index in [1.165, 1.54) is 0 Å². The number of hydrogen-bond donors (Lipinski definition) is 2. The van der Waals surface area contributed by atoms with Gasteiger partial charge < -0.3 is 10.7 Å². The van der Waals surface area contributed by atoms with E-state index >= 15 is 0 Å². The Morgan fingerprint density at radius 1 is 1.15 bits per heavy atom. The zero-order valence-corrected chi connectivity index (χ0v) is 8.58. The fraction of sp³-hybridized carbons (Fsp3) is 0. The smallest absolute Gasteiger partial charge is 0.138 e. The topological polar surface area (TPSA) is 54.7 Å². The SMILES string of the molecule is Nc1cnc(-c2ccccc2)[nH]1.[Ru]. The van der Waals surface area contributed by atoms with Crippen molar-refractivity contribution in [3.8, 4) is 11.4 Å². The summed E-state index contributed by atoms with van der Waals surface area (Å²) in [6.07, 6.45) is 1.61. The summed E-state index contributed by atoms with van der Waals surface area (Å²) in [5.41, 5.74) is 6.55. The maximum Gasteiger partial charge on any atom is 0.138 e. The second kappa shape index (κ2) is 4.19. The maximum atomic E-state index is 5.50. The number of aromatic amines is 1. The van der Waals surface area contributed by atoms with Crippen molar-refractivity contribution < 1.29 is 19.5 Å². The van der Waals surface area contributed by atoms with E-state index in [4.69, 9.17) is 5.73 Å². The van der Waals surface area contributed by atoms with E-state index in [0.29, 0.717) is 5.82 Å². The number of nitrogen functional groups attached to an aromatic ring is 1. The van der Waals surface area contributed by atoms with Crippen LogP contribution in [0, 0.1) is 0 Å². The monoisotopic (exact) mass is 261 g/mol. The van der Waals surface area contributed by atoms with E-state index in [0.717, 1.165) is 11.4 Å². The first-order valence-electron chi connectivity index (χ1n) is 3.72. The van der Waals surface area contributed by atoms with Gasteiger partial charge in [0.1, 0.15) is 11.6 Å². The molecule has 0 aliphatic carbocycles. The molecule has 0 aliphatic heterocycles. The fourth-order valence-electron chi connectivity index (χ4n) is 1.08. The van der Waals surface area contributed by atoms with Gasteiger partial charge in [-0.05, 0) is 0 Å². The molecular weight excluding hydrogens is 251 g/mol. The number of imidazole rings is 1. The van der Waals surface area contributed by atoms with Gasteiger partial charge in [0.15, 0.2) is 0 Å². The van der Waals surface area contributed by atoms with Gasteiger partial charge in [0.25, 0.3) is 0 Å². The average molecular weight is 260 g/mol. The molecule has 0 radical (unpaired) electrons. The number of nitrogens with zero attached hydrogens (tertiary/aromatic N) is 1. The Hall–Kier alpha value is -1.15. The molecule has 0 atom stereocenters. The van der Waals surface area contributed by atoms with E-state index in [9.17, 15) is 0 Å². The molecule has 2 rings (SSSR count). The number of nitrogens with two attached hydrogens (primary N) is 1. The summed E-state index contributed by atoms with van der Waals surface area (Å²) >= 11 is 0. The number of H-pyrrole nitrogens is 1. The van der Waals surface area contributed by atoms with Crippen molar-refractivity contribution in [2.45, 2.75) is 0 Å². The van der Waals surface area contributed by atoms with E-state index < -0.39 is 0 Å². The number of hydrogen-bond acceptors (Lipinski definition) is 2. The van der Waals surface area contributed by atoms with Crippen molar-refractivity contribution >= 4 is 5.82 Å². The summed E-state index contributed by atoms with van der Waals surface area (Å²) in [6.45, 7) is 0. The van der Waals surface area contributed by atoms with Gasteiger partial charge >= 0.3 is 0 Å². The van der Waals surface area contributed by atoms with Gasteiger partial charge in [0.2, 0.25) is 0 Å². The Morgan fingerprint density at radius 3 is 2.38 bits per heavy atom. The van der Waals surface area contributed by atoms with Gasteiger partial charge in [-0.1, -0.05) is 30.3 Å². The minimum absolute atomic E-state index is 0. The van der Waals surface area contributed by atoms with Crippen LogP contribution in [-0.2, 0) is 19.5 Å². The molecule has 4 heteroatoms. The Kier molecular flexibility index (Phi) is 3.21. The molecule has 3 N–H and O–H groups in total. The predicted molar refractivity (Wildman–Crippen MR) is 48.4 cm³/mol. The van der Waals surface area contributed by atoms with Crippen LogP contribution in [0.15, 0.2) is 36.5 Å². The third-order valence-corrected chi connectivity index (χ3v) is 1.64. The van der Waals surface area contributed by atoms with Gasteiger partial charge in [-0.2, -0.15) is 0 Å². The van der Waals surface area contributed by atoms with Crippen molar-refractivity contribution in [3.05, 3.63) is 36.5 Å². The van der Waals surface area contributed by atoms with Crippen LogP contribution in [0.2, 0.25) is 0 Å². The number of nitrogens with one attached hydrogen (secondary N) is 1. The summed E-state index contributed by atoms with van der Waals surface area (Å²) < 4.78 is 0. The Labute approximate surface area is 89.1 Å². The van der Waals surface area contributed by atoms with Crippen LogP contribution in [0.3, 0.4) is 0 Å². The quantitative estimate of drug-likeness (QED) is 0.766. The van der Waals surface area contributed by atoms with Gasteiger partial charge in [-0.25, -0.2) is 4.98 Å². The van der Waals surface area contributed by atoms with Crippen LogP contribution in [0.1, 0.15) is 0 Å². The molecule has 1 aromatic heterocycles. The molecule has 3 nitrogen and oxygen atoms in total. The Bertz CT molecular complexity index is 369. The molecule has 0 aliphatic rings. The molecule has 2 aromatic rings. The first-order chi connectivity index (χ1) is 5.86. The zero-order valence-electron chi connectivity index (χ0n) is 6.84. The van der Waals surface area contributed by atoms with Gasteiger partial charge in [0.05, 0.1) is 6.20 Å². The first kappa shape index (κ1) is 9.94. The molecule has 1 heterocycles. The number of rotatable bonds is 1. The van der Waals surface area contributed by atoms with Crippen LogP contribution < -0.4 is 5.73 Å². The second-order valence-corrected chi connectivity index (χ2v) is 2.55. The van der Waals surface area contributed by atoms with E-state index in [1.807, 2.05) is 30.3 Å². The molecule has 0 saturated heterocycles. The molecular formula is C9H9N3Ru. The fourth-order valence-corrected chi connectivity index (χ4v) is 1.08. The minimum atomic E-state index is 0. The Balaban J connectivity index is 0.000000845. The van der Waals surface area contributed by atoms with Gasteiger partial charge in [-0.3, -0.25) is 0 Å². The van der Waals surface area contributed by atoms with Crippen molar-refractivity contribution in [3.63, 3.8) is 0 Å². The van der Waals surface area contributed by atoms with Crippen LogP contribution in [-0.4, -0.2) is 9.97 Å². The van der Waals surface area contributed by atoms with Gasteiger partial charge in [-0.15, -0.1) is 0 Å². The largest absolute Gasteiger partial charge is 0.384 e. The van der Waals surface area contributed by atoms with Crippen LogP contribution >= 0.6 is 0 Å². The molecule has 0 amide bonds. The second-order valence-electron chi connectivity index (χ2n) is 2.55. The maximum absolute atomic E-state index is 5.50. The number of anilines is 1. The predicted octanol–water partition coefficient (Wildman–Crippen LogP) is 1.66. The van der Waals surface area contributed by atoms with Gasteiger partial charge in [0, 0.05) is 25.0 Å². The third kappa shape index (κ3) is 2.16. The molecule has 0 bridgehead atoms. The summed E-state index contributed by atoms with van der Waals surface area (Å²) in [5.74, 6) is 1.40. The molecule has 13 heavy (non-hydrogen) atoms. The summed E-state index contributed by atoms with van der Waals surface area (Å²) in [4.78, 5) is 7.06. The first-order valence-corrected chi connectivity index (χ1v) is 3.72. The molecule has 0 saturated carbocycles. The van der Waals surface area contributed by atoms with Crippen molar-refractivity contribution in [1.29, 1.82) is 0 Å². The molecule has 0 fully saturated rings. The van der Waals surface area contributed by atoms with Crippen LogP contribution in [0.4, 0.5) is 5.82 Å². The summed E-state index contributed by atoms with van der Waals surface area (Å²) in [7, 11) is 0. The van der Waals surface area contributed by atoms with Crippen molar-refractivity contribution in [2.75, 3.05) is 5.73 Å². The average Bonchev–Trinajstić information content (AvgIpc) is 2.54. The standard InChI is InChI=1S/C9H9N3.Ru/c10-8-6-11-9(12-8)7-4-2-1-3-5-7;/h1-6H,10H2,(H,11,12);. The molecule has 68 valence electrons. The zero-order chi connectivity index (χ0) is 8.39. The van der Waals surface area contributed by atoms with E-state index in [1.54, 1.807) is 6.20 Å². The molecule has 0 spiro atoms. The number of aromatic nitrogens is 2. The van der Waals surface area contributed by atoms with Crippen LogP contribution in [0.25, 0.3) is 11.4 Å². The Morgan fingerprint density at radius 2 is 1.85 bits per heavy atom. The molecule has 0 unspecified atom stereocenters. The van der Waals surface area contributed by atoms with Crippen LogP contribution in [0.5, 0.6) is 0 Å². The normalized spacial score (nSPS) is 9.23. The summed E-state index contributed by atoms with van der Waals surface area (Å²) in [6, 6.07) is 9.87. The van der Waals surface area contributed by atoms with Crippen molar-refractivity contribution in [2.24, 2.45) is 0 Å². The van der Waals surface area contributed by atoms with E-state index in [-0.39, 0.29) is 19.5 Å². The van der Waals surface area contributed by atoms with E-state index in [2.05, 4.69) is 9.97 Å². The third-order valence-electron chi connectivity index (χ3n) is 1.64. The minimum Gasteiger partial charge on any atom is -0.384 e. The molecule has 1 aromatic carbocycles. The summed E-state index contributed by atoms with van der Waals surface area (Å²) in [5, 5.41) is 0. The number of benzene rings is 1. The van der Waals surface area contributed by atoms with Crippen molar-refractivity contribution in [1.82, 2.24) is 9.97 Å².